The van der Waals surface area contributed by atoms with E-state index in [9.17, 15) is 29.7 Å². The molecule has 2 bridgehead atoms. The number of benzene rings is 1. The molecule has 2 aliphatic heterocycles. The third-order valence-electron chi connectivity index (χ3n) is 11.9. The number of aromatic hydroxyl groups is 1. The van der Waals surface area contributed by atoms with Gasteiger partial charge in [0.15, 0.2) is 17.6 Å². The highest BCUT2D eigenvalue weighted by Gasteiger charge is 2.72. The van der Waals surface area contributed by atoms with Crippen LogP contribution in [0, 0.1) is 5.92 Å². The largest absolute Gasteiger partial charge is 0.504 e. The van der Waals surface area contributed by atoms with E-state index in [4.69, 9.17) is 9.47 Å². The van der Waals surface area contributed by atoms with Crippen LogP contribution in [0.4, 0.5) is 0 Å². The number of carboxylic acid groups (broad SMARTS) is 1. The predicted molar refractivity (Wildman–Crippen MR) is 188 cm³/mol. The SMILES string of the molecule is CCCCCCCCCCCCCCCCCC(=O)CC(CC(=O)O)C(=O)OC1=CC[C@@]2(O)[C@H]3Cc4ccc(O)c5c4[C@@]2(CCN3C)[C@H]1O5. The van der Waals surface area contributed by atoms with Gasteiger partial charge in [0, 0.05) is 30.9 Å². The highest BCUT2D eigenvalue weighted by atomic mass is 16.6. The van der Waals surface area contributed by atoms with Crippen molar-refractivity contribution in [3.05, 3.63) is 35.1 Å². The number of nitrogens with zero attached hydrogens (tertiary/aromatic N) is 1. The van der Waals surface area contributed by atoms with E-state index in [1.165, 1.54) is 70.6 Å². The summed E-state index contributed by atoms with van der Waals surface area (Å²) in [6.07, 6.45) is 20.3. The van der Waals surface area contributed by atoms with Crippen LogP contribution in [0.1, 0.15) is 146 Å². The second kappa shape index (κ2) is 16.9. The summed E-state index contributed by atoms with van der Waals surface area (Å²) in [4.78, 5) is 40.4. The van der Waals surface area contributed by atoms with Crippen LogP contribution in [0.3, 0.4) is 0 Å². The van der Waals surface area contributed by atoms with Crippen LogP contribution in [-0.2, 0) is 31.0 Å². The van der Waals surface area contributed by atoms with Crippen molar-refractivity contribution < 1.29 is 39.2 Å². The van der Waals surface area contributed by atoms with Crippen molar-refractivity contribution in [1.82, 2.24) is 4.90 Å². The number of rotatable bonds is 22. The Labute approximate surface area is 292 Å². The van der Waals surface area contributed by atoms with Crippen LogP contribution in [0.15, 0.2) is 24.0 Å². The molecule has 1 unspecified atom stereocenters. The minimum Gasteiger partial charge on any atom is -0.504 e. The Kier molecular flexibility index (Phi) is 12.9. The van der Waals surface area contributed by atoms with E-state index in [1.54, 1.807) is 12.1 Å². The second-order valence-electron chi connectivity index (χ2n) is 15.3. The number of piperidine rings is 1. The van der Waals surface area contributed by atoms with Crippen molar-refractivity contribution in [3.8, 4) is 11.5 Å². The molecular weight excluding hydrogens is 622 g/mol. The van der Waals surface area contributed by atoms with Gasteiger partial charge in [-0.3, -0.25) is 14.4 Å². The molecule has 1 aromatic rings. The van der Waals surface area contributed by atoms with Crippen molar-refractivity contribution in [1.29, 1.82) is 0 Å². The molecule has 9 nitrogen and oxygen atoms in total. The Balaban J connectivity index is 1.08. The van der Waals surface area contributed by atoms with E-state index in [2.05, 4.69) is 11.8 Å². The Morgan fingerprint density at radius 3 is 2.16 bits per heavy atom. The number of hydrogen-bond donors (Lipinski definition) is 3. The summed E-state index contributed by atoms with van der Waals surface area (Å²) in [5.41, 5.74) is -0.331. The van der Waals surface area contributed by atoms with Crippen molar-refractivity contribution in [3.63, 3.8) is 0 Å². The Morgan fingerprint density at radius 2 is 1.55 bits per heavy atom. The van der Waals surface area contributed by atoms with Gasteiger partial charge in [0.1, 0.15) is 11.5 Å². The summed E-state index contributed by atoms with van der Waals surface area (Å²) < 4.78 is 12.3. The van der Waals surface area contributed by atoms with Gasteiger partial charge < -0.3 is 29.7 Å². The number of likely N-dealkylation sites (tertiary alicyclic amines) is 1. The van der Waals surface area contributed by atoms with Gasteiger partial charge in [-0.15, -0.1) is 0 Å². The first-order valence-corrected chi connectivity index (χ1v) is 19.2. The topological polar surface area (TPSA) is 134 Å². The first-order valence-electron chi connectivity index (χ1n) is 19.2. The van der Waals surface area contributed by atoms with E-state index in [0.717, 1.165) is 36.8 Å². The van der Waals surface area contributed by atoms with Crippen LogP contribution < -0.4 is 4.74 Å². The second-order valence-corrected chi connectivity index (χ2v) is 15.3. The third-order valence-corrected chi connectivity index (χ3v) is 11.9. The molecule has 272 valence electrons. The lowest BCUT2D eigenvalue weighted by Crippen LogP contribution is -2.74. The first-order chi connectivity index (χ1) is 23.6. The minimum atomic E-state index is -1.20. The predicted octanol–water partition coefficient (Wildman–Crippen LogP) is 7.52. The molecule has 3 N–H and O–H groups in total. The molecule has 1 aromatic carbocycles. The molecule has 0 aromatic heterocycles. The zero-order valence-electron chi connectivity index (χ0n) is 29.9. The minimum absolute atomic E-state index is 0.0268. The number of carbonyl (C=O) groups is 3. The average Bonchev–Trinajstić information content (AvgIpc) is 3.43. The Bertz CT molecular complexity index is 1360. The van der Waals surface area contributed by atoms with Gasteiger partial charge in [0.25, 0.3) is 0 Å². The highest BCUT2D eigenvalue weighted by Crippen LogP contribution is 2.65. The number of ether oxygens (including phenoxy) is 2. The maximum atomic E-state index is 13.5. The maximum Gasteiger partial charge on any atom is 0.315 e. The van der Waals surface area contributed by atoms with Crippen LogP contribution in [0.5, 0.6) is 11.5 Å². The van der Waals surface area contributed by atoms with Crippen LogP contribution in [0.2, 0.25) is 0 Å². The molecular formula is C40H59NO8. The first kappa shape index (κ1) is 37.3. The number of unbranched alkanes of at least 4 members (excludes halogenated alkanes) is 14. The molecule has 1 saturated heterocycles. The molecule has 49 heavy (non-hydrogen) atoms. The fraction of sp³-hybridized carbons (Fsp3) is 0.725. The van der Waals surface area contributed by atoms with Gasteiger partial charge in [-0.2, -0.15) is 0 Å². The van der Waals surface area contributed by atoms with Crippen molar-refractivity contribution in [2.24, 2.45) is 5.92 Å². The monoisotopic (exact) mass is 681 g/mol. The number of aliphatic carboxylic acids is 1. The molecule has 0 radical (unpaired) electrons. The standard InChI is InChI=1S/C40H59NO8/c1-3-4-5-6-7-8-9-10-11-12-13-14-15-16-17-18-30(42)25-29(27-34(44)45)38(46)48-32-21-22-40(47)33-26-28-19-20-31(43)36-35(28)39(40,37(32)49-36)23-24-41(33)2/h19-21,29,33,37,43,47H,3-18,22-27H2,1-2H3,(H,44,45)/t29?,33-,37+,39+,40-/m1/s1. The normalized spacial score (nSPS) is 25.7. The highest BCUT2D eigenvalue weighted by molar-refractivity contribution is 5.87. The number of aliphatic hydroxyl groups is 1. The van der Waals surface area contributed by atoms with E-state index < -0.39 is 41.4 Å². The smallest absolute Gasteiger partial charge is 0.315 e. The van der Waals surface area contributed by atoms with E-state index in [0.29, 0.717) is 31.6 Å². The number of phenolic OH excluding ortho intramolecular Hbond substituents is 1. The van der Waals surface area contributed by atoms with Gasteiger partial charge in [0.05, 0.1) is 23.4 Å². The fourth-order valence-electron chi connectivity index (χ4n) is 9.16. The number of hydrogen-bond acceptors (Lipinski definition) is 8. The molecule has 4 aliphatic rings. The molecule has 2 aliphatic carbocycles. The van der Waals surface area contributed by atoms with Gasteiger partial charge in [-0.1, -0.05) is 103 Å². The number of phenols is 1. The number of carbonyl (C=O) groups excluding carboxylic acids is 2. The average molecular weight is 682 g/mol. The van der Waals surface area contributed by atoms with Crippen LogP contribution in [-0.4, -0.2) is 69.3 Å². The molecule has 0 amide bonds. The van der Waals surface area contributed by atoms with Gasteiger partial charge >= 0.3 is 11.9 Å². The lowest BCUT2D eigenvalue weighted by molar-refractivity contribution is -0.171. The van der Waals surface area contributed by atoms with Gasteiger partial charge in [-0.05, 0) is 50.6 Å². The van der Waals surface area contributed by atoms with Crippen LogP contribution >= 0.6 is 0 Å². The zero-order valence-corrected chi connectivity index (χ0v) is 29.9. The molecule has 0 saturated carbocycles. The van der Waals surface area contributed by atoms with E-state index in [-0.39, 0.29) is 36.2 Å². The fourth-order valence-corrected chi connectivity index (χ4v) is 9.16. The summed E-state index contributed by atoms with van der Waals surface area (Å²) >= 11 is 0. The summed E-state index contributed by atoms with van der Waals surface area (Å²) in [6, 6.07) is 3.30. The third kappa shape index (κ3) is 8.03. The summed E-state index contributed by atoms with van der Waals surface area (Å²) in [7, 11) is 2.00. The number of esters is 1. The van der Waals surface area contributed by atoms with Crippen molar-refractivity contribution in [2.75, 3.05) is 13.6 Å². The molecule has 5 atom stereocenters. The Hall–Kier alpha value is -2.91. The van der Waals surface area contributed by atoms with Crippen LogP contribution in [0.25, 0.3) is 0 Å². The summed E-state index contributed by atoms with van der Waals surface area (Å²) in [5, 5.41) is 32.6. The lowest BCUT2D eigenvalue weighted by atomic mass is 9.50. The lowest BCUT2D eigenvalue weighted by Gasteiger charge is -2.61. The summed E-state index contributed by atoms with van der Waals surface area (Å²) in [6.45, 7) is 2.95. The molecule has 1 fully saturated rings. The number of Topliss-reactive ketones (excluding diaryl/α,β-unsaturated/α-hetero) is 1. The maximum absolute atomic E-state index is 13.5. The van der Waals surface area contributed by atoms with Gasteiger partial charge in [-0.25, -0.2) is 0 Å². The number of ketones is 1. The summed E-state index contributed by atoms with van der Waals surface area (Å²) in [5.74, 6) is -2.69. The molecule has 5 rings (SSSR count). The van der Waals surface area contributed by atoms with E-state index in [1.807, 2.05) is 13.1 Å². The molecule has 2 heterocycles. The zero-order chi connectivity index (χ0) is 35.0. The number of likely N-dealkylation sites (N-methyl/N-ethyl adjacent to an activating group) is 1. The van der Waals surface area contributed by atoms with Gasteiger partial charge in [0.2, 0.25) is 0 Å². The number of carboxylic acids is 1. The molecule has 1 spiro atoms. The van der Waals surface area contributed by atoms with E-state index >= 15 is 0 Å². The quantitative estimate of drug-likeness (QED) is 0.0839. The van der Waals surface area contributed by atoms with Crippen molar-refractivity contribution in [2.45, 2.75) is 165 Å². The van der Waals surface area contributed by atoms with Crippen molar-refractivity contribution >= 4 is 17.7 Å². The Morgan fingerprint density at radius 1 is 0.939 bits per heavy atom. The molecule has 9 heteroatoms.